The number of benzene rings is 3. The first-order valence-electron chi connectivity index (χ1n) is 7.68. The minimum atomic E-state index is 0.0709. The Morgan fingerprint density at radius 2 is 1.54 bits per heavy atom. The molecule has 4 heteroatoms. The average molecular weight is 311 g/mol. The van der Waals surface area contributed by atoms with Crippen molar-refractivity contribution >= 4 is 11.5 Å². The molecule has 4 rings (SSSR count). The van der Waals surface area contributed by atoms with Crippen LogP contribution in [0.1, 0.15) is 27.0 Å². The number of hydrogen-bond acceptors (Lipinski definition) is 2. The van der Waals surface area contributed by atoms with Gasteiger partial charge in [-0.2, -0.15) is 0 Å². The van der Waals surface area contributed by atoms with Crippen LogP contribution in [0.4, 0.5) is 5.69 Å². The molecular weight excluding hydrogens is 298 g/mol. The van der Waals surface area contributed by atoms with Crippen molar-refractivity contribution in [2.75, 3.05) is 0 Å². The third-order valence-electron chi connectivity index (χ3n) is 4.36. The first-order chi connectivity index (χ1) is 11.8. The molecule has 3 aromatic carbocycles. The van der Waals surface area contributed by atoms with Crippen LogP contribution < -0.4 is 0 Å². The summed E-state index contributed by atoms with van der Waals surface area (Å²) in [5, 5.41) is 3.59. The molecule has 0 unspecified atom stereocenters. The molecule has 0 radical (unpaired) electrons. The number of carbonyl (C=O) groups excluding carboxylic acids is 1. The monoisotopic (exact) mass is 311 g/mol. The normalized spacial score (nSPS) is 12.1. The van der Waals surface area contributed by atoms with E-state index in [4.69, 9.17) is 5.53 Å². The van der Waals surface area contributed by atoms with Crippen LogP contribution in [0.5, 0.6) is 0 Å². The van der Waals surface area contributed by atoms with Crippen molar-refractivity contribution < 1.29 is 4.79 Å². The zero-order chi connectivity index (χ0) is 16.5. The van der Waals surface area contributed by atoms with Crippen LogP contribution in [-0.4, -0.2) is 5.78 Å². The molecule has 4 nitrogen and oxygen atoms in total. The second kappa shape index (κ2) is 5.69. The van der Waals surface area contributed by atoms with Crippen molar-refractivity contribution in [2.24, 2.45) is 5.11 Å². The van der Waals surface area contributed by atoms with Crippen LogP contribution in [0.3, 0.4) is 0 Å². The SMILES string of the molecule is [N-]=[N+]=Nc1ccc(-c2cccc3c2C(=O)c2ccccc2C3)cc1. The van der Waals surface area contributed by atoms with E-state index in [1.807, 2.05) is 54.6 Å². The fourth-order valence-corrected chi connectivity index (χ4v) is 3.25. The molecule has 0 N–H and O–H groups in total. The molecule has 0 bridgehead atoms. The Kier molecular flexibility index (Phi) is 3.38. The molecule has 1 aliphatic rings. The number of rotatable bonds is 2. The number of fused-ring (bicyclic) bond motifs is 2. The summed E-state index contributed by atoms with van der Waals surface area (Å²) in [4.78, 5) is 15.8. The first kappa shape index (κ1) is 14.2. The lowest BCUT2D eigenvalue weighted by atomic mass is 9.81. The molecular formula is C20H13N3O. The Bertz CT molecular complexity index is 1000. The van der Waals surface area contributed by atoms with Gasteiger partial charge in [0.15, 0.2) is 5.78 Å². The Morgan fingerprint density at radius 3 is 2.33 bits per heavy atom. The van der Waals surface area contributed by atoms with E-state index in [-0.39, 0.29) is 5.78 Å². The maximum absolute atomic E-state index is 13.0. The van der Waals surface area contributed by atoms with Crippen LogP contribution in [-0.2, 0) is 6.42 Å². The molecule has 0 saturated heterocycles. The molecule has 0 amide bonds. The molecule has 1 aliphatic carbocycles. The summed E-state index contributed by atoms with van der Waals surface area (Å²) in [6, 6.07) is 21.0. The van der Waals surface area contributed by atoms with Gasteiger partial charge in [-0.05, 0) is 34.2 Å². The summed E-state index contributed by atoms with van der Waals surface area (Å²) in [6.45, 7) is 0. The summed E-state index contributed by atoms with van der Waals surface area (Å²) in [7, 11) is 0. The number of carbonyl (C=O) groups is 1. The predicted molar refractivity (Wildman–Crippen MR) is 93.4 cm³/mol. The van der Waals surface area contributed by atoms with Crippen molar-refractivity contribution in [1.29, 1.82) is 0 Å². The summed E-state index contributed by atoms with van der Waals surface area (Å²) in [5.74, 6) is 0.0709. The van der Waals surface area contributed by atoms with Gasteiger partial charge in [0.25, 0.3) is 0 Å². The van der Waals surface area contributed by atoms with Gasteiger partial charge in [-0.3, -0.25) is 4.79 Å². The van der Waals surface area contributed by atoms with Crippen molar-refractivity contribution in [2.45, 2.75) is 6.42 Å². The second-order valence-corrected chi connectivity index (χ2v) is 5.74. The van der Waals surface area contributed by atoms with Crippen molar-refractivity contribution in [3.05, 3.63) is 99.4 Å². The largest absolute Gasteiger partial charge is 0.289 e. The third kappa shape index (κ3) is 2.26. The van der Waals surface area contributed by atoms with Gasteiger partial charge >= 0.3 is 0 Å². The molecule has 0 aliphatic heterocycles. The highest BCUT2D eigenvalue weighted by Gasteiger charge is 2.25. The number of nitrogens with zero attached hydrogens (tertiary/aromatic N) is 3. The van der Waals surface area contributed by atoms with Gasteiger partial charge in [-0.25, -0.2) is 0 Å². The van der Waals surface area contributed by atoms with Gasteiger partial charge in [-0.1, -0.05) is 71.8 Å². The van der Waals surface area contributed by atoms with Gasteiger partial charge in [0.05, 0.1) is 0 Å². The van der Waals surface area contributed by atoms with E-state index in [9.17, 15) is 4.79 Å². The van der Waals surface area contributed by atoms with E-state index in [1.54, 1.807) is 12.1 Å². The third-order valence-corrected chi connectivity index (χ3v) is 4.36. The van der Waals surface area contributed by atoms with Crippen LogP contribution >= 0.6 is 0 Å². The van der Waals surface area contributed by atoms with E-state index in [1.165, 1.54) is 0 Å². The minimum absolute atomic E-state index is 0.0709. The fraction of sp³-hybridized carbons (Fsp3) is 0.0500. The van der Waals surface area contributed by atoms with E-state index >= 15 is 0 Å². The van der Waals surface area contributed by atoms with Crippen LogP contribution in [0.15, 0.2) is 71.8 Å². The molecule has 0 atom stereocenters. The zero-order valence-electron chi connectivity index (χ0n) is 12.8. The van der Waals surface area contributed by atoms with E-state index < -0.39 is 0 Å². The average Bonchev–Trinajstić information content (AvgIpc) is 2.62. The molecule has 0 heterocycles. The van der Waals surface area contributed by atoms with Crippen molar-refractivity contribution in [3.8, 4) is 11.1 Å². The topological polar surface area (TPSA) is 65.8 Å². The highest BCUT2D eigenvalue weighted by atomic mass is 16.1. The summed E-state index contributed by atoms with van der Waals surface area (Å²) < 4.78 is 0. The maximum Gasteiger partial charge on any atom is 0.194 e. The van der Waals surface area contributed by atoms with Crippen LogP contribution in [0.2, 0.25) is 0 Å². The van der Waals surface area contributed by atoms with Crippen molar-refractivity contribution in [1.82, 2.24) is 0 Å². The number of ketones is 1. The van der Waals surface area contributed by atoms with Crippen molar-refractivity contribution in [3.63, 3.8) is 0 Å². The summed E-state index contributed by atoms with van der Waals surface area (Å²) >= 11 is 0. The Morgan fingerprint density at radius 1 is 0.833 bits per heavy atom. The lowest BCUT2D eigenvalue weighted by molar-refractivity contribution is 0.103. The fourth-order valence-electron chi connectivity index (χ4n) is 3.25. The Hall–Kier alpha value is -3.36. The van der Waals surface area contributed by atoms with Gasteiger partial charge < -0.3 is 0 Å². The van der Waals surface area contributed by atoms with Gasteiger partial charge in [0.1, 0.15) is 0 Å². The number of hydrogen-bond donors (Lipinski definition) is 0. The Balaban J connectivity index is 1.86. The van der Waals surface area contributed by atoms with Gasteiger partial charge in [-0.15, -0.1) is 0 Å². The highest BCUT2D eigenvalue weighted by molar-refractivity contribution is 6.16. The van der Waals surface area contributed by atoms with Gasteiger partial charge in [0.2, 0.25) is 0 Å². The molecule has 0 saturated carbocycles. The van der Waals surface area contributed by atoms with Crippen LogP contribution in [0, 0.1) is 0 Å². The number of azide groups is 1. The summed E-state index contributed by atoms with van der Waals surface area (Å²) in [5.41, 5.74) is 14.6. The Labute approximate surface area is 139 Å². The summed E-state index contributed by atoms with van der Waals surface area (Å²) in [6.07, 6.45) is 0.766. The molecule has 114 valence electrons. The van der Waals surface area contributed by atoms with E-state index in [2.05, 4.69) is 10.0 Å². The lowest BCUT2D eigenvalue weighted by Gasteiger charge is -2.21. The quantitative estimate of drug-likeness (QED) is 0.276. The molecule has 0 spiro atoms. The first-order valence-corrected chi connectivity index (χ1v) is 7.68. The van der Waals surface area contributed by atoms with E-state index in [0.717, 1.165) is 39.8 Å². The smallest absolute Gasteiger partial charge is 0.194 e. The van der Waals surface area contributed by atoms with Gasteiger partial charge in [0, 0.05) is 21.7 Å². The lowest BCUT2D eigenvalue weighted by Crippen LogP contribution is -2.16. The standard InChI is InChI=1S/C20H13N3O/c21-23-22-16-10-8-13(9-11-16)17-7-3-5-15-12-14-4-1-2-6-18(14)20(24)19(15)17/h1-11H,12H2. The zero-order valence-corrected chi connectivity index (χ0v) is 12.8. The second-order valence-electron chi connectivity index (χ2n) is 5.74. The molecule has 0 aromatic heterocycles. The molecule has 3 aromatic rings. The van der Waals surface area contributed by atoms with Crippen LogP contribution in [0.25, 0.3) is 21.6 Å². The maximum atomic E-state index is 13.0. The van der Waals surface area contributed by atoms with E-state index in [0.29, 0.717) is 5.69 Å². The molecule has 24 heavy (non-hydrogen) atoms. The highest BCUT2D eigenvalue weighted by Crippen LogP contribution is 2.34. The predicted octanol–water partition coefficient (Wildman–Crippen LogP) is 5.43. The minimum Gasteiger partial charge on any atom is -0.289 e. The molecule has 0 fully saturated rings.